The highest BCUT2D eigenvalue weighted by atomic mass is 35.5. The maximum atomic E-state index is 12.6. The quantitative estimate of drug-likeness (QED) is 0.901. The summed E-state index contributed by atoms with van der Waals surface area (Å²) in [7, 11) is 0. The molecule has 1 atom stereocenters. The molecule has 102 valence electrons. The van der Waals surface area contributed by atoms with Crippen LogP contribution in [0, 0.1) is 5.41 Å². The molecule has 3 rings (SSSR count). The van der Waals surface area contributed by atoms with E-state index in [1.54, 1.807) is 0 Å². The molecule has 2 aliphatic heterocycles. The van der Waals surface area contributed by atoms with Gasteiger partial charge in [0.15, 0.2) is 0 Å². The van der Waals surface area contributed by atoms with Crippen LogP contribution >= 0.6 is 11.6 Å². The van der Waals surface area contributed by atoms with Gasteiger partial charge in [-0.1, -0.05) is 29.8 Å². The first-order valence-electron chi connectivity index (χ1n) is 6.95. The minimum Gasteiger partial charge on any atom is -0.338 e. The Labute approximate surface area is 118 Å². The third-order valence-electron chi connectivity index (χ3n) is 4.39. The van der Waals surface area contributed by atoms with Crippen LogP contribution in [0.15, 0.2) is 24.3 Å². The number of nitrogens with zero attached hydrogens (tertiary/aromatic N) is 1. The highest BCUT2D eigenvalue weighted by Gasteiger charge is 2.46. The van der Waals surface area contributed by atoms with Crippen molar-refractivity contribution in [2.24, 2.45) is 5.41 Å². The van der Waals surface area contributed by atoms with Crippen molar-refractivity contribution >= 4 is 17.5 Å². The number of nitrogens with one attached hydrogen (secondary N) is 1. The summed E-state index contributed by atoms with van der Waals surface area (Å²) in [5.41, 5.74) is 0.901. The zero-order chi connectivity index (χ0) is 13.3. The number of benzene rings is 1. The van der Waals surface area contributed by atoms with Crippen LogP contribution < -0.4 is 5.32 Å². The first-order chi connectivity index (χ1) is 9.21. The van der Waals surface area contributed by atoms with Gasteiger partial charge in [-0.3, -0.25) is 4.79 Å². The van der Waals surface area contributed by atoms with Crippen molar-refractivity contribution < 1.29 is 4.79 Å². The molecule has 3 nitrogen and oxygen atoms in total. The molecule has 4 heteroatoms. The summed E-state index contributed by atoms with van der Waals surface area (Å²) >= 11 is 6.18. The molecule has 1 N–H and O–H groups in total. The third kappa shape index (κ3) is 2.37. The summed E-state index contributed by atoms with van der Waals surface area (Å²) in [6.07, 6.45) is 3.10. The van der Waals surface area contributed by atoms with Crippen molar-refractivity contribution in [2.45, 2.75) is 25.8 Å². The van der Waals surface area contributed by atoms with Crippen molar-refractivity contribution in [3.8, 4) is 0 Å². The lowest BCUT2D eigenvalue weighted by Gasteiger charge is -2.32. The molecular formula is C15H19ClN2O. The summed E-state index contributed by atoms with van der Waals surface area (Å²) in [4.78, 5) is 14.6. The standard InChI is InChI=1S/C15H19ClN2O/c16-13-5-2-1-4-12(13)10-18-9-7-15(14(18)19)6-3-8-17-11-15/h1-2,4-5,17H,3,6-11H2/t15-/m0/s1. The van der Waals surface area contributed by atoms with E-state index in [1.165, 1.54) is 0 Å². The van der Waals surface area contributed by atoms with Crippen LogP contribution in [0.25, 0.3) is 0 Å². The van der Waals surface area contributed by atoms with Crippen LogP contribution in [0.2, 0.25) is 5.02 Å². The van der Waals surface area contributed by atoms with E-state index in [0.29, 0.717) is 12.5 Å². The second-order valence-corrected chi connectivity index (χ2v) is 6.04. The molecule has 0 radical (unpaired) electrons. The number of hydrogen-bond acceptors (Lipinski definition) is 2. The van der Waals surface area contributed by atoms with Crippen molar-refractivity contribution in [3.63, 3.8) is 0 Å². The van der Waals surface area contributed by atoms with E-state index >= 15 is 0 Å². The smallest absolute Gasteiger partial charge is 0.230 e. The van der Waals surface area contributed by atoms with E-state index in [9.17, 15) is 4.79 Å². The molecule has 0 unspecified atom stereocenters. The fourth-order valence-corrected chi connectivity index (χ4v) is 3.44. The number of amides is 1. The molecule has 0 aromatic heterocycles. The Morgan fingerprint density at radius 2 is 2.16 bits per heavy atom. The minimum atomic E-state index is -0.139. The van der Waals surface area contributed by atoms with Gasteiger partial charge >= 0.3 is 0 Å². The lowest BCUT2D eigenvalue weighted by Crippen LogP contribution is -2.45. The fraction of sp³-hybridized carbons (Fsp3) is 0.533. The number of rotatable bonds is 2. The van der Waals surface area contributed by atoms with Gasteiger partial charge in [0.05, 0.1) is 5.41 Å². The van der Waals surface area contributed by atoms with Gasteiger partial charge < -0.3 is 10.2 Å². The highest BCUT2D eigenvalue weighted by molar-refractivity contribution is 6.31. The van der Waals surface area contributed by atoms with Gasteiger partial charge in [0.2, 0.25) is 5.91 Å². The first kappa shape index (κ1) is 12.9. The molecule has 1 aromatic rings. The Bertz CT molecular complexity index is 483. The van der Waals surface area contributed by atoms with Crippen LogP contribution in [0.5, 0.6) is 0 Å². The van der Waals surface area contributed by atoms with Crippen molar-refractivity contribution in [3.05, 3.63) is 34.9 Å². The largest absolute Gasteiger partial charge is 0.338 e. The maximum Gasteiger partial charge on any atom is 0.230 e. The van der Waals surface area contributed by atoms with Crippen LogP contribution in [-0.2, 0) is 11.3 Å². The van der Waals surface area contributed by atoms with Gasteiger partial charge in [-0.25, -0.2) is 0 Å². The number of halogens is 1. The number of piperidine rings is 1. The SMILES string of the molecule is O=C1N(Cc2ccccc2Cl)CC[C@]12CCCNC2. The van der Waals surface area contributed by atoms with Gasteiger partial charge in [0.25, 0.3) is 0 Å². The summed E-state index contributed by atoms with van der Waals surface area (Å²) in [6.45, 7) is 3.37. The molecule has 2 heterocycles. The van der Waals surface area contributed by atoms with E-state index in [0.717, 1.165) is 49.5 Å². The predicted molar refractivity (Wildman–Crippen MR) is 76.0 cm³/mol. The van der Waals surface area contributed by atoms with Crippen LogP contribution in [0.1, 0.15) is 24.8 Å². The Kier molecular flexibility index (Phi) is 3.50. The van der Waals surface area contributed by atoms with Gasteiger partial charge in [-0.2, -0.15) is 0 Å². The molecular weight excluding hydrogens is 260 g/mol. The maximum absolute atomic E-state index is 12.6. The summed E-state index contributed by atoms with van der Waals surface area (Å²) < 4.78 is 0. The Morgan fingerprint density at radius 1 is 1.32 bits per heavy atom. The number of hydrogen-bond donors (Lipinski definition) is 1. The van der Waals surface area contributed by atoms with E-state index < -0.39 is 0 Å². The summed E-state index contributed by atoms with van der Waals surface area (Å²) in [6, 6.07) is 7.78. The second kappa shape index (κ2) is 5.14. The zero-order valence-corrected chi connectivity index (χ0v) is 11.7. The van der Waals surface area contributed by atoms with Gasteiger partial charge in [-0.15, -0.1) is 0 Å². The molecule has 0 aliphatic carbocycles. The van der Waals surface area contributed by atoms with E-state index in [1.807, 2.05) is 29.2 Å². The minimum absolute atomic E-state index is 0.139. The second-order valence-electron chi connectivity index (χ2n) is 5.63. The zero-order valence-electron chi connectivity index (χ0n) is 11.0. The van der Waals surface area contributed by atoms with Gasteiger partial charge in [0.1, 0.15) is 0 Å². The predicted octanol–water partition coefficient (Wildman–Crippen LogP) is 2.44. The Hall–Kier alpha value is -1.06. The number of carbonyl (C=O) groups excluding carboxylic acids is 1. The molecule has 2 saturated heterocycles. The van der Waals surface area contributed by atoms with E-state index in [4.69, 9.17) is 11.6 Å². The first-order valence-corrected chi connectivity index (χ1v) is 7.33. The van der Waals surface area contributed by atoms with E-state index in [-0.39, 0.29) is 5.41 Å². The average molecular weight is 279 g/mol. The lowest BCUT2D eigenvalue weighted by atomic mass is 9.79. The van der Waals surface area contributed by atoms with Crippen LogP contribution in [0.3, 0.4) is 0 Å². The summed E-state index contributed by atoms with van der Waals surface area (Å²) in [5, 5.41) is 4.12. The molecule has 0 bridgehead atoms. The Balaban J connectivity index is 1.74. The van der Waals surface area contributed by atoms with Crippen LogP contribution in [-0.4, -0.2) is 30.4 Å². The molecule has 1 spiro atoms. The van der Waals surface area contributed by atoms with E-state index in [2.05, 4.69) is 5.32 Å². The summed E-state index contributed by atoms with van der Waals surface area (Å²) in [5.74, 6) is 0.305. The molecule has 2 fully saturated rings. The van der Waals surface area contributed by atoms with Crippen LogP contribution in [0.4, 0.5) is 0 Å². The monoisotopic (exact) mass is 278 g/mol. The molecule has 2 aliphatic rings. The van der Waals surface area contributed by atoms with Gasteiger partial charge in [-0.05, 0) is 37.4 Å². The van der Waals surface area contributed by atoms with Crippen molar-refractivity contribution in [2.75, 3.05) is 19.6 Å². The molecule has 1 amide bonds. The highest BCUT2D eigenvalue weighted by Crippen LogP contribution is 2.38. The number of likely N-dealkylation sites (tertiary alicyclic amines) is 1. The van der Waals surface area contributed by atoms with Gasteiger partial charge in [0, 0.05) is 24.7 Å². The molecule has 0 saturated carbocycles. The Morgan fingerprint density at radius 3 is 2.89 bits per heavy atom. The normalized spacial score (nSPS) is 27.2. The number of carbonyl (C=O) groups is 1. The average Bonchev–Trinajstić information content (AvgIpc) is 2.72. The molecule has 19 heavy (non-hydrogen) atoms. The van der Waals surface area contributed by atoms with Crippen molar-refractivity contribution in [1.82, 2.24) is 10.2 Å². The topological polar surface area (TPSA) is 32.3 Å². The third-order valence-corrected chi connectivity index (χ3v) is 4.76. The lowest BCUT2D eigenvalue weighted by molar-refractivity contribution is -0.137. The fourth-order valence-electron chi connectivity index (χ4n) is 3.24. The van der Waals surface area contributed by atoms with Crippen molar-refractivity contribution in [1.29, 1.82) is 0 Å². The molecule has 1 aromatic carbocycles.